The summed E-state index contributed by atoms with van der Waals surface area (Å²) in [5.41, 5.74) is 0.211. The molecule has 0 aliphatic rings. The van der Waals surface area contributed by atoms with E-state index in [4.69, 9.17) is 4.74 Å². The van der Waals surface area contributed by atoms with Gasteiger partial charge in [-0.1, -0.05) is 42.5 Å². The number of phenols is 1. The SMILES string of the molecule is CC(C)(C)OC(=O)NCC(=O)N(CCO)C(C(=O)Nc1ccc2ccccc2c1)c1ccc(O)cc1. The standard InChI is InChI=1S/C27H31N3O6/c1-27(2,3)36-26(35)28-17-23(33)30(14-15-31)24(19-9-12-22(32)13-10-19)25(34)29-21-11-8-18-6-4-5-7-20(18)16-21/h4-13,16,24,31-32H,14-15,17H2,1-3H3,(H,28,35)(H,29,34). The zero-order valence-electron chi connectivity index (χ0n) is 20.5. The van der Waals surface area contributed by atoms with Crippen LogP contribution >= 0.6 is 0 Å². The lowest BCUT2D eigenvalue weighted by Gasteiger charge is -2.31. The van der Waals surface area contributed by atoms with Crippen molar-refractivity contribution in [1.29, 1.82) is 0 Å². The van der Waals surface area contributed by atoms with Gasteiger partial charge in [-0.2, -0.15) is 0 Å². The third-order valence-electron chi connectivity index (χ3n) is 5.23. The number of fused-ring (bicyclic) bond motifs is 1. The molecular weight excluding hydrogens is 462 g/mol. The van der Waals surface area contributed by atoms with Gasteiger partial charge in [0.1, 0.15) is 23.9 Å². The molecule has 1 unspecified atom stereocenters. The van der Waals surface area contributed by atoms with E-state index in [0.717, 1.165) is 10.8 Å². The molecular formula is C27H31N3O6. The molecule has 9 nitrogen and oxygen atoms in total. The first-order valence-corrected chi connectivity index (χ1v) is 11.5. The monoisotopic (exact) mass is 493 g/mol. The van der Waals surface area contributed by atoms with Crippen LogP contribution in [0.5, 0.6) is 5.75 Å². The van der Waals surface area contributed by atoms with Crippen LogP contribution in [0.25, 0.3) is 10.8 Å². The van der Waals surface area contributed by atoms with Gasteiger partial charge in [0.15, 0.2) is 0 Å². The number of aromatic hydroxyl groups is 1. The molecule has 0 saturated carbocycles. The molecule has 190 valence electrons. The Balaban J connectivity index is 1.87. The second kappa shape index (κ2) is 11.5. The molecule has 9 heteroatoms. The number of aliphatic hydroxyl groups is 1. The van der Waals surface area contributed by atoms with E-state index in [1.165, 1.54) is 29.2 Å². The molecule has 0 spiro atoms. The fraction of sp³-hybridized carbons (Fsp3) is 0.296. The molecule has 0 aliphatic carbocycles. The second-order valence-electron chi connectivity index (χ2n) is 9.21. The first-order chi connectivity index (χ1) is 17.1. The summed E-state index contributed by atoms with van der Waals surface area (Å²) in [6, 6.07) is 17.9. The number of ether oxygens (including phenoxy) is 1. The molecule has 3 rings (SSSR count). The summed E-state index contributed by atoms with van der Waals surface area (Å²) in [6.45, 7) is 4.09. The number of aliphatic hydroxyl groups excluding tert-OH is 1. The van der Waals surface area contributed by atoms with Crippen LogP contribution in [0.3, 0.4) is 0 Å². The van der Waals surface area contributed by atoms with Crippen LogP contribution in [0.15, 0.2) is 66.7 Å². The fourth-order valence-corrected chi connectivity index (χ4v) is 3.68. The van der Waals surface area contributed by atoms with Crippen LogP contribution < -0.4 is 10.6 Å². The molecule has 0 aromatic heterocycles. The highest BCUT2D eigenvalue weighted by molar-refractivity contribution is 6.00. The van der Waals surface area contributed by atoms with Gasteiger partial charge in [-0.15, -0.1) is 0 Å². The van der Waals surface area contributed by atoms with Crippen LogP contribution in [-0.4, -0.2) is 58.3 Å². The Hall–Kier alpha value is -4.11. The minimum Gasteiger partial charge on any atom is -0.508 e. The summed E-state index contributed by atoms with van der Waals surface area (Å²) in [4.78, 5) is 39.9. The summed E-state index contributed by atoms with van der Waals surface area (Å²) in [7, 11) is 0. The van der Waals surface area contributed by atoms with Crippen LogP contribution in [0.1, 0.15) is 32.4 Å². The summed E-state index contributed by atoms with van der Waals surface area (Å²) >= 11 is 0. The maximum atomic E-state index is 13.5. The lowest BCUT2D eigenvalue weighted by atomic mass is 10.0. The Morgan fingerprint density at radius 3 is 2.28 bits per heavy atom. The number of hydrogen-bond donors (Lipinski definition) is 4. The molecule has 0 radical (unpaired) electrons. The van der Waals surface area contributed by atoms with E-state index >= 15 is 0 Å². The van der Waals surface area contributed by atoms with E-state index in [0.29, 0.717) is 11.3 Å². The van der Waals surface area contributed by atoms with Crippen molar-refractivity contribution in [3.63, 3.8) is 0 Å². The fourth-order valence-electron chi connectivity index (χ4n) is 3.68. The molecule has 0 aliphatic heterocycles. The van der Waals surface area contributed by atoms with Crippen molar-refractivity contribution in [3.8, 4) is 5.75 Å². The van der Waals surface area contributed by atoms with Crippen molar-refractivity contribution in [2.45, 2.75) is 32.4 Å². The number of anilines is 1. The number of benzene rings is 3. The Morgan fingerprint density at radius 1 is 0.972 bits per heavy atom. The summed E-state index contributed by atoms with van der Waals surface area (Å²) < 4.78 is 5.17. The second-order valence-corrected chi connectivity index (χ2v) is 9.21. The predicted octanol–water partition coefficient (Wildman–Crippen LogP) is 3.57. The molecule has 36 heavy (non-hydrogen) atoms. The van der Waals surface area contributed by atoms with Gasteiger partial charge in [0.2, 0.25) is 5.91 Å². The summed E-state index contributed by atoms with van der Waals surface area (Å²) in [6.07, 6.45) is -0.776. The van der Waals surface area contributed by atoms with Crippen molar-refractivity contribution in [2.24, 2.45) is 0 Å². The van der Waals surface area contributed by atoms with Crippen molar-refractivity contribution in [2.75, 3.05) is 25.0 Å². The van der Waals surface area contributed by atoms with Crippen molar-refractivity contribution >= 4 is 34.4 Å². The lowest BCUT2D eigenvalue weighted by molar-refractivity contribution is -0.138. The molecule has 0 heterocycles. The van der Waals surface area contributed by atoms with Crippen molar-refractivity contribution in [1.82, 2.24) is 10.2 Å². The number of nitrogens with zero attached hydrogens (tertiary/aromatic N) is 1. The van der Waals surface area contributed by atoms with E-state index in [2.05, 4.69) is 10.6 Å². The number of nitrogens with one attached hydrogen (secondary N) is 2. The van der Waals surface area contributed by atoms with E-state index in [-0.39, 0.29) is 12.3 Å². The highest BCUT2D eigenvalue weighted by Gasteiger charge is 2.32. The Kier molecular flexibility index (Phi) is 8.50. The molecule has 0 fully saturated rings. The van der Waals surface area contributed by atoms with Gasteiger partial charge in [0.05, 0.1) is 6.61 Å². The maximum Gasteiger partial charge on any atom is 0.408 e. The highest BCUT2D eigenvalue weighted by Crippen LogP contribution is 2.26. The van der Waals surface area contributed by atoms with Crippen LogP contribution in [-0.2, 0) is 14.3 Å². The molecule has 4 N–H and O–H groups in total. The number of alkyl carbamates (subject to hydrolysis) is 1. The van der Waals surface area contributed by atoms with Gasteiger partial charge >= 0.3 is 6.09 Å². The summed E-state index contributed by atoms with van der Waals surface area (Å²) in [5.74, 6) is -1.12. The Morgan fingerprint density at radius 2 is 1.64 bits per heavy atom. The zero-order valence-corrected chi connectivity index (χ0v) is 20.5. The topological polar surface area (TPSA) is 128 Å². The zero-order chi connectivity index (χ0) is 26.3. The first kappa shape index (κ1) is 26.5. The van der Waals surface area contributed by atoms with Gasteiger partial charge in [-0.25, -0.2) is 4.79 Å². The smallest absolute Gasteiger partial charge is 0.408 e. The van der Waals surface area contributed by atoms with Gasteiger partial charge in [-0.3, -0.25) is 9.59 Å². The van der Waals surface area contributed by atoms with E-state index in [9.17, 15) is 24.6 Å². The third-order valence-corrected chi connectivity index (χ3v) is 5.23. The highest BCUT2D eigenvalue weighted by atomic mass is 16.6. The van der Waals surface area contributed by atoms with Crippen LogP contribution in [0.2, 0.25) is 0 Å². The average Bonchev–Trinajstić information content (AvgIpc) is 2.82. The molecule has 3 aromatic rings. The number of rotatable bonds is 8. The maximum absolute atomic E-state index is 13.5. The van der Waals surface area contributed by atoms with Crippen molar-refractivity contribution < 1.29 is 29.3 Å². The van der Waals surface area contributed by atoms with Crippen LogP contribution in [0, 0.1) is 0 Å². The number of phenolic OH excluding ortho intramolecular Hbond substituents is 1. The number of hydrogen-bond acceptors (Lipinski definition) is 6. The third kappa shape index (κ3) is 7.19. The number of carbonyl (C=O) groups is 3. The Labute approximate surface area is 209 Å². The number of carbonyl (C=O) groups excluding carboxylic acids is 3. The molecule has 1 atom stereocenters. The summed E-state index contributed by atoms with van der Waals surface area (Å²) in [5, 5.41) is 26.6. The molecule has 3 aromatic carbocycles. The van der Waals surface area contributed by atoms with Gasteiger partial charge in [-0.05, 0) is 61.4 Å². The lowest BCUT2D eigenvalue weighted by Crippen LogP contribution is -2.47. The normalized spacial score (nSPS) is 12.0. The molecule has 3 amide bonds. The van der Waals surface area contributed by atoms with Gasteiger partial charge in [0.25, 0.3) is 5.91 Å². The van der Waals surface area contributed by atoms with E-state index < -0.39 is 42.7 Å². The Bertz CT molecular complexity index is 1220. The van der Waals surface area contributed by atoms with Crippen molar-refractivity contribution in [3.05, 3.63) is 72.3 Å². The largest absolute Gasteiger partial charge is 0.508 e. The molecule has 0 saturated heterocycles. The predicted molar refractivity (Wildman–Crippen MR) is 136 cm³/mol. The minimum atomic E-state index is -1.14. The van der Waals surface area contributed by atoms with Gasteiger partial charge < -0.3 is 30.5 Å². The molecule has 0 bridgehead atoms. The minimum absolute atomic E-state index is 0.000866. The van der Waals surface area contributed by atoms with Gasteiger partial charge in [0, 0.05) is 12.2 Å². The quantitative estimate of drug-likeness (QED) is 0.380. The van der Waals surface area contributed by atoms with E-state index in [1.807, 2.05) is 36.4 Å². The first-order valence-electron chi connectivity index (χ1n) is 11.5. The number of amides is 3. The van der Waals surface area contributed by atoms with Crippen LogP contribution in [0.4, 0.5) is 10.5 Å². The van der Waals surface area contributed by atoms with E-state index in [1.54, 1.807) is 26.8 Å². The average molecular weight is 494 g/mol.